The third kappa shape index (κ3) is 2.73. The molecule has 1 aromatic rings. The van der Waals surface area contributed by atoms with E-state index in [-0.39, 0.29) is 17.2 Å². The van der Waals surface area contributed by atoms with E-state index < -0.39 is 5.60 Å². The molecule has 1 N–H and O–H groups in total. The van der Waals surface area contributed by atoms with E-state index in [1.165, 1.54) is 0 Å². The Morgan fingerprint density at radius 1 is 1.15 bits per heavy atom. The highest BCUT2D eigenvalue weighted by molar-refractivity contribution is 5.69. The van der Waals surface area contributed by atoms with Gasteiger partial charge in [-0.05, 0) is 41.5 Å². The van der Waals surface area contributed by atoms with Crippen molar-refractivity contribution in [2.24, 2.45) is 0 Å². The summed E-state index contributed by atoms with van der Waals surface area (Å²) < 4.78 is 6.94. The predicted molar refractivity (Wildman–Crippen MR) is 75.5 cm³/mol. The molecule has 0 bridgehead atoms. The molecule has 2 rings (SSSR count). The van der Waals surface area contributed by atoms with Crippen LogP contribution in [0.1, 0.15) is 52.8 Å². The fourth-order valence-electron chi connectivity index (χ4n) is 2.18. The highest BCUT2D eigenvalue weighted by atomic mass is 16.6. The number of H-pyrrole nitrogens is 1. The number of ether oxygens (including phenoxy) is 1. The summed E-state index contributed by atoms with van der Waals surface area (Å²) in [6, 6.07) is 0. The van der Waals surface area contributed by atoms with Crippen LogP contribution < -0.4 is 5.56 Å². The molecule has 0 unspecified atom stereocenters. The molecule has 0 aliphatic carbocycles. The van der Waals surface area contributed by atoms with Crippen LogP contribution in [0.15, 0.2) is 4.79 Å². The van der Waals surface area contributed by atoms with Gasteiger partial charge < -0.3 is 4.74 Å². The molecule has 20 heavy (non-hydrogen) atoms. The van der Waals surface area contributed by atoms with Crippen molar-refractivity contribution in [3.8, 4) is 0 Å². The first-order chi connectivity index (χ1) is 8.99. The monoisotopic (exact) mass is 281 g/mol. The zero-order valence-corrected chi connectivity index (χ0v) is 13.0. The molecular formula is C14H23N3O3. The Kier molecular flexibility index (Phi) is 3.23. The first-order valence-corrected chi connectivity index (χ1v) is 6.80. The maximum Gasteiger partial charge on any atom is 0.410 e. The van der Waals surface area contributed by atoms with E-state index in [2.05, 4.69) is 5.10 Å². The van der Waals surface area contributed by atoms with Gasteiger partial charge in [-0.25, -0.2) is 9.48 Å². The van der Waals surface area contributed by atoms with Gasteiger partial charge in [-0.1, -0.05) is 0 Å². The molecule has 0 atom stereocenters. The quantitative estimate of drug-likeness (QED) is 0.792. The molecule has 0 fully saturated rings. The van der Waals surface area contributed by atoms with Crippen molar-refractivity contribution in [2.45, 2.75) is 65.8 Å². The largest absolute Gasteiger partial charge is 0.444 e. The number of rotatable bonds is 0. The first kappa shape index (κ1) is 14.7. The summed E-state index contributed by atoms with van der Waals surface area (Å²) in [6.45, 7) is 12.1. The number of hydrogen-bond donors (Lipinski definition) is 1. The number of fused-ring (bicyclic) bond motifs is 1. The summed E-state index contributed by atoms with van der Waals surface area (Å²) in [6.07, 6.45) is -0.385. The second-order valence-corrected chi connectivity index (χ2v) is 7.22. The lowest BCUT2D eigenvalue weighted by Crippen LogP contribution is -2.37. The molecule has 0 spiro atoms. The lowest BCUT2D eigenvalue weighted by molar-refractivity contribution is 0.0238. The number of aromatic amines is 1. The molecule has 6 nitrogen and oxygen atoms in total. The third-order valence-electron chi connectivity index (χ3n) is 3.09. The molecule has 6 heteroatoms. The summed E-state index contributed by atoms with van der Waals surface area (Å²) >= 11 is 0. The Morgan fingerprint density at radius 2 is 1.75 bits per heavy atom. The summed E-state index contributed by atoms with van der Waals surface area (Å²) in [7, 11) is 0. The Labute approximate surface area is 118 Å². The van der Waals surface area contributed by atoms with E-state index in [9.17, 15) is 9.59 Å². The summed E-state index contributed by atoms with van der Waals surface area (Å²) in [5, 5.41) is 3.10. The molecular weight excluding hydrogens is 258 g/mol. The molecule has 1 aromatic heterocycles. The Hall–Kier alpha value is -1.72. The van der Waals surface area contributed by atoms with Gasteiger partial charge in [0.1, 0.15) is 5.60 Å². The smallest absolute Gasteiger partial charge is 0.410 e. The Bertz CT molecular complexity index is 584. The fraction of sp³-hybridized carbons (Fsp3) is 0.714. The number of aromatic nitrogens is 2. The zero-order valence-electron chi connectivity index (χ0n) is 13.0. The third-order valence-corrected chi connectivity index (χ3v) is 3.09. The first-order valence-electron chi connectivity index (χ1n) is 6.80. The van der Waals surface area contributed by atoms with Crippen molar-refractivity contribution < 1.29 is 9.53 Å². The topological polar surface area (TPSA) is 67.3 Å². The minimum atomic E-state index is -0.529. The van der Waals surface area contributed by atoms with Crippen molar-refractivity contribution in [1.82, 2.24) is 14.7 Å². The summed E-state index contributed by atoms with van der Waals surface area (Å²) in [5.74, 6) is 0. The van der Waals surface area contributed by atoms with Crippen molar-refractivity contribution in [3.05, 3.63) is 21.6 Å². The van der Waals surface area contributed by atoms with Crippen LogP contribution in [0.5, 0.6) is 0 Å². The summed E-state index contributed by atoms with van der Waals surface area (Å²) in [5.41, 5.74) is 0.581. The SMILES string of the molecule is CC(C)(C)OC(=O)N1Cc2[nH]n(C(C)(C)C)c(=O)c2C1. The molecule has 0 radical (unpaired) electrons. The lowest BCUT2D eigenvalue weighted by Gasteiger charge is -2.24. The molecule has 1 amide bonds. The molecule has 0 saturated heterocycles. The van der Waals surface area contributed by atoms with E-state index in [0.717, 1.165) is 5.69 Å². The number of carbonyl (C=O) groups excluding carboxylic acids is 1. The van der Waals surface area contributed by atoms with Crippen LogP contribution >= 0.6 is 0 Å². The zero-order chi connectivity index (χ0) is 15.3. The number of nitrogens with one attached hydrogen (secondary N) is 1. The number of hydrogen-bond acceptors (Lipinski definition) is 3. The number of nitrogens with zero attached hydrogens (tertiary/aromatic N) is 2. The van der Waals surface area contributed by atoms with Gasteiger partial charge in [0.2, 0.25) is 0 Å². The van der Waals surface area contributed by atoms with Gasteiger partial charge in [-0.3, -0.25) is 14.8 Å². The summed E-state index contributed by atoms with van der Waals surface area (Å²) in [4.78, 5) is 25.9. The van der Waals surface area contributed by atoms with Crippen LogP contribution in [0.25, 0.3) is 0 Å². The second-order valence-electron chi connectivity index (χ2n) is 7.22. The van der Waals surface area contributed by atoms with Gasteiger partial charge in [-0.2, -0.15) is 0 Å². The molecule has 1 aliphatic rings. The lowest BCUT2D eigenvalue weighted by atomic mass is 10.1. The van der Waals surface area contributed by atoms with Crippen molar-refractivity contribution >= 4 is 6.09 Å². The molecule has 2 heterocycles. The van der Waals surface area contributed by atoms with E-state index in [4.69, 9.17) is 4.74 Å². The maximum absolute atomic E-state index is 12.3. The van der Waals surface area contributed by atoms with Crippen LogP contribution in [-0.4, -0.2) is 26.4 Å². The Balaban J connectivity index is 2.18. The number of carbonyl (C=O) groups is 1. The normalized spacial score (nSPS) is 15.4. The molecule has 0 saturated carbocycles. The predicted octanol–water partition coefficient (Wildman–Crippen LogP) is 2.18. The number of amides is 1. The van der Waals surface area contributed by atoms with Crippen LogP contribution in [-0.2, 0) is 23.4 Å². The van der Waals surface area contributed by atoms with E-state index in [0.29, 0.717) is 18.7 Å². The van der Waals surface area contributed by atoms with Crippen LogP contribution in [0.2, 0.25) is 0 Å². The minimum Gasteiger partial charge on any atom is -0.444 e. The van der Waals surface area contributed by atoms with Gasteiger partial charge in [0, 0.05) is 0 Å². The van der Waals surface area contributed by atoms with Gasteiger partial charge >= 0.3 is 6.09 Å². The van der Waals surface area contributed by atoms with Gasteiger partial charge in [0.15, 0.2) is 0 Å². The van der Waals surface area contributed by atoms with Gasteiger partial charge in [0.25, 0.3) is 5.56 Å². The Morgan fingerprint density at radius 3 is 2.20 bits per heavy atom. The van der Waals surface area contributed by atoms with E-state index >= 15 is 0 Å². The second kappa shape index (κ2) is 4.40. The van der Waals surface area contributed by atoms with Gasteiger partial charge in [0.05, 0.1) is 29.9 Å². The average molecular weight is 281 g/mol. The van der Waals surface area contributed by atoms with Crippen molar-refractivity contribution in [1.29, 1.82) is 0 Å². The highest BCUT2D eigenvalue weighted by Gasteiger charge is 2.33. The fourth-order valence-corrected chi connectivity index (χ4v) is 2.18. The molecule has 1 aliphatic heterocycles. The minimum absolute atomic E-state index is 0.0569. The average Bonchev–Trinajstić information content (AvgIpc) is 2.75. The van der Waals surface area contributed by atoms with Crippen LogP contribution in [0.4, 0.5) is 4.79 Å². The maximum atomic E-state index is 12.3. The van der Waals surface area contributed by atoms with Crippen molar-refractivity contribution in [3.63, 3.8) is 0 Å². The van der Waals surface area contributed by atoms with E-state index in [1.54, 1.807) is 9.58 Å². The molecule has 112 valence electrons. The highest BCUT2D eigenvalue weighted by Crippen LogP contribution is 2.22. The van der Waals surface area contributed by atoms with E-state index in [1.807, 2.05) is 41.5 Å². The van der Waals surface area contributed by atoms with Crippen LogP contribution in [0, 0.1) is 0 Å². The standard InChI is InChI=1S/C14H23N3O3/c1-13(2,3)17-11(18)9-7-16(8-10(9)15-17)12(19)20-14(4,5)6/h15H,7-8H2,1-6H3. The van der Waals surface area contributed by atoms with Gasteiger partial charge in [-0.15, -0.1) is 0 Å². The van der Waals surface area contributed by atoms with Crippen molar-refractivity contribution in [2.75, 3.05) is 0 Å². The molecule has 0 aromatic carbocycles. The van der Waals surface area contributed by atoms with Crippen LogP contribution in [0.3, 0.4) is 0 Å².